The highest BCUT2D eigenvalue weighted by Gasteiger charge is 2.08. The molecule has 0 fully saturated rings. The van der Waals surface area contributed by atoms with E-state index in [9.17, 15) is 4.79 Å². The summed E-state index contributed by atoms with van der Waals surface area (Å²) in [5, 5.41) is 3.11. The van der Waals surface area contributed by atoms with E-state index in [4.69, 9.17) is 0 Å². The molecular formula is C16H19N3O. The van der Waals surface area contributed by atoms with Crippen LogP contribution in [0.5, 0.6) is 0 Å². The van der Waals surface area contributed by atoms with E-state index in [2.05, 4.69) is 16.9 Å². The fraction of sp³-hybridized carbons (Fsp3) is 0.250. The molecule has 0 unspecified atom stereocenters. The summed E-state index contributed by atoms with van der Waals surface area (Å²) in [6, 6.07) is 9.85. The van der Waals surface area contributed by atoms with Gasteiger partial charge < -0.3 is 5.32 Å². The van der Waals surface area contributed by atoms with E-state index in [-0.39, 0.29) is 11.7 Å². The molecule has 0 atom stereocenters. The third kappa shape index (κ3) is 2.96. The first-order chi connectivity index (χ1) is 9.49. The fourth-order valence-electron chi connectivity index (χ4n) is 1.92. The third-order valence-electron chi connectivity index (χ3n) is 3.08. The van der Waals surface area contributed by atoms with Crippen molar-refractivity contribution in [1.82, 2.24) is 9.55 Å². The lowest BCUT2D eigenvalue weighted by molar-refractivity contribution is 0.562. The van der Waals surface area contributed by atoms with Gasteiger partial charge in [0.25, 0.3) is 0 Å². The van der Waals surface area contributed by atoms with Crippen molar-refractivity contribution in [1.29, 1.82) is 0 Å². The minimum absolute atomic E-state index is 0.0973. The van der Waals surface area contributed by atoms with Gasteiger partial charge in [0.2, 0.25) is 0 Å². The third-order valence-corrected chi connectivity index (χ3v) is 3.08. The summed E-state index contributed by atoms with van der Waals surface area (Å²) in [5.74, 6) is 0.556. The maximum Gasteiger partial charge on any atom is 0.349 e. The Morgan fingerprint density at radius 3 is 2.55 bits per heavy atom. The van der Waals surface area contributed by atoms with Gasteiger partial charge in [-0.05, 0) is 26.3 Å². The maximum absolute atomic E-state index is 11.9. The smallest absolute Gasteiger partial charge is 0.340 e. The summed E-state index contributed by atoms with van der Waals surface area (Å²) in [7, 11) is 0. The molecule has 0 spiro atoms. The highest BCUT2D eigenvalue weighted by Crippen LogP contribution is 2.17. The van der Waals surface area contributed by atoms with Crippen molar-refractivity contribution < 1.29 is 0 Å². The van der Waals surface area contributed by atoms with Gasteiger partial charge in [-0.2, -0.15) is 4.98 Å². The molecule has 1 aromatic carbocycles. The van der Waals surface area contributed by atoms with Gasteiger partial charge in [-0.15, -0.1) is 0 Å². The molecular weight excluding hydrogens is 250 g/mol. The van der Waals surface area contributed by atoms with Gasteiger partial charge in [-0.25, -0.2) is 4.79 Å². The van der Waals surface area contributed by atoms with E-state index in [0.717, 1.165) is 16.8 Å². The molecule has 1 heterocycles. The van der Waals surface area contributed by atoms with Crippen molar-refractivity contribution in [3.05, 3.63) is 64.7 Å². The van der Waals surface area contributed by atoms with Crippen LogP contribution in [-0.2, 0) is 0 Å². The minimum atomic E-state index is -0.256. The second-order valence-electron chi connectivity index (χ2n) is 5.03. The van der Waals surface area contributed by atoms with Crippen molar-refractivity contribution in [3.8, 4) is 0 Å². The van der Waals surface area contributed by atoms with Crippen LogP contribution in [0.15, 0.2) is 47.9 Å². The minimum Gasteiger partial charge on any atom is -0.340 e. The molecule has 4 nitrogen and oxygen atoms in total. The summed E-state index contributed by atoms with van der Waals surface area (Å²) in [6.45, 7) is 9.82. The highest BCUT2D eigenvalue weighted by molar-refractivity contribution is 5.74. The van der Waals surface area contributed by atoms with E-state index in [1.807, 2.05) is 57.3 Å². The number of aryl methyl sites for hydroxylation is 1. The van der Waals surface area contributed by atoms with Crippen molar-refractivity contribution >= 4 is 11.5 Å². The first-order valence-electron chi connectivity index (χ1n) is 6.60. The second kappa shape index (κ2) is 5.74. The zero-order valence-electron chi connectivity index (χ0n) is 12.1. The van der Waals surface area contributed by atoms with Crippen molar-refractivity contribution in [3.63, 3.8) is 0 Å². The lowest BCUT2D eigenvalue weighted by Crippen LogP contribution is -2.25. The molecule has 1 aromatic heterocycles. The molecule has 2 rings (SSSR count). The van der Waals surface area contributed by atoms with Crippen LogP contribution in [0, 0.1) is 6.92 Å². The van der Waals surface area contributed by atoms with Gasteiger partial charge >= 0.3 is 5.69 Å². The Bertz CT molecular complexity index is 672. The van der Waals surface area contributed by atoms with Gasteiger partial charge in [0, 0.05) is 23.5 Å². The van der Waals surface area contributed by atoms with E-state index in [1.165, 1.54) is 0 Å². The van der Waals surface area contributed by atoms with E-state index in [1.54, 1.807) is 4.57 Å². The zero-order chi connectivity index (χ0) is 14.7. The standard InChI is InChI=1S/C16H19N3O/c1-11(2)19-10-12(3)15(18-16(19)20)17-13(4)14-8-6-5-7-9-14/h5-11H,4H2,1-3H3,(H,17,18,20). The van der Waals surface area contributed by atoms with E-state index >= 15 is 0 Å². The number of hydrogen-bond acceptors (Lipinski definition) is 3. The molecule has 0 aliphatic heterocycles. The van der Waals surface area contributed by atoms with Gasteiger partial charge in [-0.3, -0.25) is 4.57 Å². The van der Waals surface area contributed by atoms with Crippen LogP contribution in [-0.4, -0.2) is 9.55 Å². The molecule has 0 saturated heterocycles. The Kier molecular flexibility index (Phi) is 4.03. The van der Waals surface area contributed by atoms with Gasteiger partial charge in [-0.1, -0.05) is 36.9 Å². The van der Waals surface area contributed by atoms with Gasteiger partial charge in [0.05, 0.1) is 0 Å². The summed E-state index contributed by atoms with van der Waals surface area (Å²) in [4.78, 5) is 16.0. The van der Waals surface area contributed by atoms with Crippen molar-refractivity contribution in [2.24, 2.45) is 0 Å². The number of hydrogen-bond donors (Lipinski definition) is 1. The first kappa shape index (κ1) is 14.1. The number of nitrogens with zero attached hydrogens (tertiary/aromatic N) is 2. The number of rotatable bonds is 4. The Morgan fingerprint density at radius 2 is 1.95 bits per heavy atom. The first-order valence-corrected chi connectivity index (χ1v) is 6.60. The Hall–Kier alpha value is -2.36. The molecule has 2 aromatic rings. The molecule has 0 saturated carbocycles. The predicted octanol–water partition coefficient (Wildman–Crippen LogP) is 3.22. The number of anilines is 1. The van der Waals surface area contributed by atoms with Crippen LogP contribution in [0.1, 0.15) is 31.0 Å². The largest absolute Gasteiger partial charge is 0.349 e. The van der Waals surface area contributed by atoms with Crippen LogP contribution in [0.4, 0.5) is 5.82 Å². The van der Waals surface area contributed by atoms with Crippen molar-refractivity contribution in [2.75, 3.05) is 5.32 Å². The molecule has 104 valence electrons. The van der Waals surface area contributed by atoms with Crippen LogP contribution < -0.4 is 11.0 Å². The lowest BCUT2D eigenvalue weighted by Gasteiger charge is -2.14. The monoisotopic (exact) mass is 269 g/mol. The average Bonchev–Trinajstić information content (AvgIpc) is 2.43. The summed E-state index contributed by atoms with van der Waals surface area (Å²) < 4.78 is 1.62. The quantitative estimate of drug-likeness (QED) is 0.927. The summed E-state index contributed by atoms with van der Waals surface area (Å²) >= 11 is 0. The number of nitrogens with one attached hydrogen (secondary N) is 1. The fourth-order valence-corrected chi connectivity index (χ4v) is 1.92. The molecule has 0 bridgehead atoms. The molecule has 0 amide bonds. The highest BCUT2D eigenvalue weighted by atomic mass is 16.1. The number of aromatic nitrogens is 2. The average molecular weight is 269 g/mol. The summed E-state index contributed by atoms with van der Waals surface area (Å²) in [6.07, 6.45) is 1.82. The van der Waals surface area contributed by atoms with Gasteiger partial charge in [0.1, 0.15) is 5.82 Å². The Labute approximate surface area is 118 Å². The molecule has 0 radical (unpaired) electrons. The molecule has 0 aliphatic carbocycles. The number of benzene rings is 1. The molecule has 20 heavy (non-hydrogen) atoms. The SMILES string of the molecule is C=C(Nc1nc(=O)n(C(C)C)cc1C)c1ccccc1. The van der Waals surface area contributed by atoms with E-state index < -0.39 is 0 Å². The van der Waals surface area contributed by atoms with Gasteiger partial charge in [0.15, 0.2) is 0 Å². The van der Waals surface area contributed by atoms with Crippen LogP contribution in [0.3, 0.4) is 0 Å². The van der Waals surface area contributed by atoms with E-state index in [0.29, 0.717) is 5.82 Å². The normalized spacial score (nSPS) is 10.6. The molecule has 4 heteroatoms. The topological polar surface area (TPSA) is 46.9 Å². The maximum atomic E-state index is 11.9. The van der Waals surface area contributed by atoms with Crippen LogP contribution in [0.25, 0.3) is 5.70 Å². The molecule has 1 N–H and O–H groups in total. The Balaban J connectivity index is 2.29. The Morgan fingerprint density at radius 1 is 1.30 bits per heavy atom. The molecule has 0 aliphatic rings. The summed E-state index contributed by atoms with van der Waals surface area (Å²) in [5.41, 5.74) is 2.36. The van der Waals surface area contributed by atoms with Crippen molar-refractivity contribution in [2.45, 2.75) is 26.8 Å². The second-order valence-corrected chi connectivity index (χ2v) is 5.03. The predicted molar refractivity (Wildman–Crippen MR) is 82.7 cm³/mol. The van der Waals surface area contributed by atoms with Crippen LogP contribution in [0.2, 0.25) is 0 Å². The lowest BCUT2D eigenvalue weighted by atomic mass is 10.2. The zero-order valence-corrected chi connectivity index (χ0v) is 12.1. The van der Waals surface area contributed by atoms with Crippen LogP contribution >= 0.6 is 0 Å².